The second-order valence-electron chi connectivity index (χ2n) is 9.92. The Kier molecular flexibility index (Phi) is 6.27. The smallest absolute Gasteiger partial charge is 0.308 e. The van der Waals surface area contributed by atoms with E-state index < -0.39 is 6.04 Å². The molecule has 0 fully saturated rings. The lowest BCUT2D eigenvalue weighted by atomic mass is 10.0. The van der Waals surface area contributed by atoms with Crippen molar-refractivity contribution in [3.8, 4) is 11.5 Å². The summed E-state index contributed by atoms with van der Waals surface area (Å²) in [6, 6.07) is 25.6. The van der Waals surface area contributed by atoms with Crippen molar-refractivity contribution in [2.45, 2.75) is 39.8 Å². The molecule has 0 spiro atoms. The van der Waals surface area contributed by atoms with Gasteiger partial charge in [-0.25, -0.2) is 13.9 Å². The molecule has 1 aliphatic heterocycles. The molecule has 0 aliphatic carbocycles. The summed E-state index contributed by atoms with van der Waals surface area (Å²) >= 11 is 0. The molecule has 2 amide bonds. The first-order chi connectivity index (χ1) is 19.0. The molecule has 0 saturated carbocycles. The minimum atomic E-state index is -0.526. The number of para-hydroxylation sites is 1. The number of hydrogen-bond donors (Lipinski definition) is 1. The van der Waals surface area contributed by atoms with Gasteiger partial charge in [0.2, 0.25) is 0 Å². The van der Waals surface area contributed by atoms with E-state index in [4.69, 9.17) is 5.10 Å². The molecule has 7 heteroatoms. The van der Waals surface area contributed by atoms with E-state index in [1.807, 2.05) is 91.5 Å². The summed E-state index contributed by atoms with van der Waals surface area (Å²) in [6.45, 7) is 6.41. The zero-order valence-corrected chi connectivity index (χ0v) is 22.2. The van der Waals surface area contributed by atoms with Crippen LogP contribution in [0.5, 0.6) is 0 Å². The van der Waals surface area contributed by atoms with E-state index in [1.165, 1.54) is 12.1 Å². The molecule has 196 valence electrons. The molecule has 2 aromatic heterocycles. The third-order valence-electron chi connectivity index (χ3n) is 7.58. The van der Waals surface area contributed by atoms with E-state index in [-0.39, 0.29) is 11.8 Å². The molecule has 1 atom stereocenters. The van der Waals surface area contributed by atoms with Crippen molar-refractivity contribution < 1.29 is 9.18 Å². The third kappa shape index (κ3) is 4.30. The Hall–Kier alpha value is -4.65. The number of halogens is 1. The summed E-state index contributed by atoms with van der Waals surface area (Å²) in [7, 11) is 0. The van der Waals surface area contributed by atoms with Gasteiger partial charge in [-0.1, -0.05) is 49.4 Å². The topological polar surface area (TPSA) is 55.1 Å². The molecule has 0 saturated heterocycles. The number of anilines is 1. The average Bonchev–Trinajstić information content (AvgIpc) is 3.52. The fraction of sp³-hybridized carbons (Fsp3) is 0.188. The Morgan fingerprint density at radius 3 is 2.56 bits per heavy atom. The zero-order chi connectivity index (χ0) is 27.1. The Balaban J connectivity index is 1.56. The van der Waals surface area contributed by atoms with Gasteiger partial charge in [0.15, 0.2) is 0 Å². The Morgan fingerprint density at radius 1 is 1.00 bits per heavy atom. The number of benzene rings is 3. The summed E-state index contributed by atoms with van der Waals surface area (Å²) in [4.78, 5) is 16.0. The van der Waals surface area contributed by atoms with Gasteiger partial charge in [-0.05, 0) is 79.4 Å². The number of carbonyl (C=O) groups is 1. The summed E-state index contributed by atoms with van der Waals surface area (Å²) in [6.07, 6.45) is 2.70. The van der Waals surface area contributed by atoms with Gasteiger partial charge in [0.1, 0.15) is 11.6 Å². The van der Waals surface area contributed by atoms with Crippen LogP contribution in [0.4, 0.5) is 14.9 Å². The predicted octanol–water partition coefficient (Wildman–Crippen LogP) is 7.12. The molecule has 1 N–H and O–H groups in total. The van der Waals surface area contributed by atoms with E-state index in [1.54, 1.807) is 11.0 Å². The predicted molar refractivity (Wildman–Crippen MR) is 151 cm³/mol. The first kappa shape index (κ1) is 24.7. The highest BCUT2D eigenvalue weighted by atomic mass is 19.1. The summed E-state index contributed by atoms with van der Waals surface area (Å²) in [5.41, 5.74) is 7.24. The molecule has 0 unspecified atom stereocenters. The van der Waals surface area contributed by atoms with Crippen LogP contribution in [-0.2, 0) is 13.0 Å². The Bertz CT molecular complexity index is 1670. The summed E-state index contributed by atoms with van der Waals surface area (Å²) in [5, 5.41) is 8.14. The number of nitrogens with zero attached hydrogens (tertiary/aromatic N) is 4. The van der Waals surface area contributed by atoms with Crippen LogP contribution in [0.15, 0.2) is 91.1 Å². The van der Waals surface area contributed by atoms with Crippen LogP contribution in [0.3, 0.4) is 0 Å². The van der Waals surface area contributed by atoms with Crippen LogP contribution in [-0.4, -0.2) is 25.3 Å². The summed E-state index contributed by atoms with van der Waals surface area (Å²) < 4.78 is 18.6. The number of hydrogen-bond acceptors (Lipinski definition) is 2. The van der Waals surface area contributed by atoms with Crippen LogP contribution in [0.25, 0.3) is 11.5 Å². The molecule has 0 radical (unpaired) electrons. The molecule has 1 aliphatic rings. The lowest BCUT2D eigenvalue weighted by molar-refractivity contribution is 0.194. The lowest BCUT2D eigenvalue weighted by Crippen LogP contribution is -2.38. The fourth-order valence-corrected chi connectivity index (χ4v) is 5.45. The van der Waals surface area contributed by atoms with E-state index in [0.717, 1.165) is 45.3 Å². The van der Waals surface area contributed by atoms with Gasteiger partial charge in [-0.2, -0.15) is 5.10 Å². The number of aromatic nitrogens is 3. The second kappa shape index (κ2) is 9.91. The van der Waals surface area contributed by atoms with Crippen LogP contribution in [0, 0.1) is 19.7 Å². The van der Waals surface area contributed by atoms with E-state index in [0.29, 0.717) is 18.5 Å². The highest BCUT2D eigenvalue weighted by Crippen LogP contribution is 2.39. The molecule has 6 rings (SSSR count). The maximum absolute atomic E-state index is 14.6. The molecular weight excluding hydrogens is 489 g/mol. The van der Waals surface area contributed by atoms with Crippen molar-refractivity contribution in [2.75, 3.05) is 5.32 Å². The monoisotopic (exact) mass is 519 g/mol. The van der Waals surface area contributed by atoms with E-state index in [9.17, 15) is 9.18 Å². The molecule has 3 aromatic carbocycles. The average molecular weight is 520 g/mol. The highest BCUT2D eigenvalue weighted by Gasteiger charge is 2.36. The van der Waals surface area contributed by atoms with Gasteiger partial charge in [0.25, 0.3) is 0 Å². The minimum Gasteiger partial charge on any atom is -0.308 e. The maximum Gasteiger partial charge on any atom is 0.322 e. The third-order valence-corrected chi connectivity index (χ3v) is 7.58. The number of rotatable bonds is 4. The van der Waals surface area contributed by atoms with Crippen molar-refractivity contribution in [1.29, 1.82) is 0 Å². The molecule has 6 nitrogen and oxygen atoms in total. The largest absolute Gasteiger partial charge is 0.322 e. The number of fused-ring (bicyclic) bond motifs is 3. The van der Waals surface area contributed by atoms with Crippen LogP contribution >= 0.6 is 0 Å². The minimum absolute atomic E-state index is 0.256. The normalized spacial score (nSPS) is 14.5. The molecule has 5 aromatic rings. The molecule has 0 bridgehead atoms. The number of carbonyl (C=O) groups excluding carboxylic acids is 1. The number of urea groups is 1. The SMILES string of the molecule is CCc1nn(-c2ccccc2)c2c1CN(C(=O)Nc1cccc(C)c1C)[C@@H](c1cccc(F)c1)c1cccn1-2. The van der Waals surface area contributed by atoms with Gasteiger partial charge >= 0.3 is 6.03 Å². The standard InChI is InChI=1S/C32H30FN5O/c1-4-27-26-20-37(32(39)34-28-16-8-11-21(2)22(28)3)30(23-12-9-13-24(33)19-23)29-17-10-18-36(29)31(26)38(35-27)25-14-6-5-7-15-25/h5-19,30H,4,20H2,1-3H3,(H,34,39)/t30-/m0/s1. The van der Waals surface area contributed by atoms with Crippen LogP contribution in [0.2, 0.25) is 0 Å². The quantitative estimate of drug-likeness (QED) is 0.275. The fourth-order valence-electron chi connectivity index (χ4n) is 5.45. The summed E-state index contributed by atoms with van der Waals surface area (Å²) in [5.74, 6) is 0.549. The van der Waals surface area contributed by atoms with Crippen LogP contribution < -0.4 is 5.32 Å². The van der Waals surface area contributed by atoms with Crippen LogP contribution in [0.1, 0.15) is 46.6 Å². The number of amides is 2. The molecule has 3 heterocycles. The zero-order valence-electron chi connectivity index (χ0n) is 22.2. The van der Waals surface area contributed by atoms with E-state index >= 15 is 0 Å². The van der Waals surface area contributed by atoms with Gasteiger partial charge < -0.3 is 14.8 Å². The first-order valence-electron chi connectivity index (χ1n) is 13.2. The van der Waals surface area contributed by atoms with Gasteiger partial charge in [-0.15, -0.1) is 0 Å². The van der Waals surface area contributed by atoms with Crippen molar-refractivity contribution in [3.63, 3.8) is 0 Å². The molecular formula is C32H30FN5O. The van der Waals surface area contributed by atoms with Crippen molar-refractivity contribution in [3.05, 3.63) is 131 Å². The Labute approximate surface area is 227 Å². The highest BCUT2D eigenvalue weighted by molar-refractivity contribution is 5.91. The van der Waals surface area contributed by atoms with Gasteiger partial charge in [-0.3, -0.25) is 0 Å². The van der Waals surface area contributed by atoms with Gasteiger partial charge in [0, 0.05) is 17.4 Å². The second-order valence-corrected chi connectivity index (χ2v) is 9.92. The number of nitrogens with one attached hydrogen (secondary N) is 1. The molecule has 39 heavy (non-hydrogen) atoms. The number of aryl methyl sites for hydroxylation is 2. The first-order valence-corrected chi connectivity index (χ1v) is 13.2. The van der Waals surface area contributed by atoms with E-state index in [2.05, 4.69) is 16.8 Å². The lowest BCUT2D eigenvalue weighted by Gasteiger charge is -2.31. The van der Waals surface area contributed by atoms with Crippen molar-refractivity contribution in [1.82, 2.24) is 19.2 Å². The maximum atomic E-state index is 14.6. The van der Waals surface area contributed by atoms with Crippen molar-refractivity contribution in [2.24, 2.45) is 0 Å². The Morgan fingerprint density at radius 2 is 1.79 bits per heavy atom. The van der Waals surface area contributed by atoms with Crippen molar-refractivity contribution >= 4 is 11.7 Å². The van der Waals surface area contributed by atoms with Gasteiger partial charge in [0.05, 0.1) is 29.7 Å².